The van der Waals surface area contributed by atoms with Gasteiger partial charge in [0.2, 0.25) is 0 Å². The predicted octanol–water partition coefficient (Wildman–Crippen LogP) is 3.19. The third-order valence-electron chi connectivity index (χ3n) is 4.02. The fourth-order valence-corrected chi connectivity index (χ4v) is 3.10. The minimum atomic E-state index is -0.0993. The maximum absolute atomic E-state index is 12.7. The topological polar surface area (TPSA) is 46.9 Å². The monoisotopic (exact) mass is 303 g/mol. The summed E-state index contributed by atoms with van der Waals surface area (Å²) in [7, 11) is 0. The zero-order valence-corrected chi connectivity index (χ0v) is 12.9. The minimum Gasteiger partial charge on any atom is -0.384 e. The summed E-state index contributed by atoms with van der Waals surface area (Å²) in [5, 5.41) is 8.27. The largest absolute Gasteiger partial charge is 0.384 e. The first kappa shape index (κ1) is 14.1. The first-order chi connectivity index (χ1) is 10.1. The number of aryl methyl sites for hydroxylation is 2. The molecule has 0 saturated heterocycles. The number of rotatable bonds is 4. The van der Waals surface area contributed by atoms with Crippen LogP contribution in [0.15, 0.2) is 24.3 Å². The Morgan fingerprint density at radius 1 is 1.48 bits per heavy atom. The normalized spacial score (nSPS) is 16.6. The molecule has 0 spiro atoms. The minimum absolute atomic E-state index is 0.0993. The molecule has 2 heterocycles. The number of anilines is 1. The molecule has 1 N–H and O–H groups in total. The summed E-state index contributed by atoms with van der Waals surface area (Å²) in [5.41, 5.74) is 3.75. The molecule has 0 bridgehead atoms. The van der Waals surface area contributed by atoms with Crippen LogP contribution in [0.4, 0.5) is 5.69 Å². The number of fused-ring (bicyclic) bond motifs is 1. The van der Waals surface area contributed by atoms with Crippen LogP contribution in [0.5, 0.6) is 0 Å². The lowest BCUT2D eigenvalue weighted by Crippen LogP contribution is -2.19. The molecule has 1 aromatic heterocycles. The van der Waals surface area contributed by atoms with Gasteiger partial charge in [0, 0.05) is 18.8 Å². The van der Waals surface area contributed by atoms with E-state index in [1.165, 1.54) is 0 Å². The molecule has 21 heavy (non-hydrogen) atoms. The molecule has 1 atom stereocenters. The summed E-state index contributed by atoms with van der Waals surface area (Å²) in [6, 6.07) is 7.97. The van der Waals surface area contributed by atoms with E-state index >= 15 is 0 Å². The molecule has 0 amide bonds. The van der Waals surface area contributed by atoms with Crippen LogP contribution in [0.2, 0.25) is 5.02 Å². The van der Waals surface area contributed by atoms with Gasteiger partial charge in [0.05, 0.1) is 28.7 Å². The Morgan fingerprint density at radius 3 is 3.00 bits per heavy atom. The molecule has 3 rings (SSSR count). The van der Waals surface area contributed by atoms with E-state index in [0.29, 0.717) is 18.0 Å². The zero-order chi connectivity index (χ0) is 15.0. The van der Waals surface area contributed by atoms with Crippen molar-refractivity contribution in [1.82, 2.24) is 9.78 Å². The van der Waals surface area contributed by atoms with Crippen LogP contribution < -0.4 is 5.32 Å². The number of nitrogens with zero attached hydrogens (tertiary/aromatic N) is 2. The van der Waals surface area contributed by atoms with Crippen molar-refractivity contribution in [2.24, 2.45) is 0 Å². The van der Waals surface area contributed by atoms with Crippen LogP contribution in [0.1, 0.15) is 29.8 Å². The third-order valence-corrected chi connectivity index (χ3v) is 4.51. The van der Waals surface area contributed by atoms with Gasteiger partial charge in [-0.1, -0.05) is 29.8 Å². The lowest BCUT2D eigenvalue weighted by atomic mass is 9.94. The SMILES string of the molecule is CCn1nc(C)c(Cl)c1CC(=O)C1CNc2ccccc21. The Bertz CT molecular complexity index is 693. The summed E-state index contributed by atoms with van der Waals surface area (Å²) < 4.78 is 1.82. The van der Waals surface area contributed by atoms with Crippen molar-refractivity contribution in [2.75, 3.05) is 11.9 Å². The second-order valence-corrected chi connectivity index (χ2v) is 5.70. The Kier molecular flexibility index (Phi) is 3.72. The summed E-state index contributed by atoms with van der Waals surface area (Å²) in [5.74, 6) is 0.0849. The van der Waals surface area contributed by atoms with Gasteiger partial charge in [-0.2, -0.15) is 5.10 Å². The van der Waals surface area contributed by atoms with Crippen molar-refractivity contribution in [3.05, 3.63) is 46.2 Å². The van der Waals surface area contributed by atoms with Gasteiger partial charge in [-0.05, 0) is 25.5 Å². The van der Waals surface area contributed by atoms with Crippen LogP contribution in [0.3, 0.4) is 0 Å². The van der Waals surface area contributed by atoms with Crippen molar-refractivity contribution < 1.29 is 4.79 Å². The van der Waals surface area contributed by atoms with Crippen LogP contribution in [-0.2, 0) is 17.8 Å². The van der Waals surface area contributed by atoms with Gasteiger partial charge in [-0.3, -0.25) is 9.48 Å². The van der Waals surface area contributed by atoms with Crippen molar-refractivity contribution >= 4 is 23.1 Å². The van der Waals surface area contributed by atoms with Gasteiger partial charge in [0.15, 0.2) is 0 Å². The molecule has 1 aliphatic rings. The standard InChI is InChI=1S/C16H18ClN3O/c1-3-20-14(16(17)10(2)19-20)8-15(21)12-9-18-13-7-5-4-6-11(12)13/h4-7,12,18H,3,8-9H2,1-2H3. The predicted molar refractivity (Wildman–Crippen MR) is 84.0 cm³/mol. The summed E-state index contributed by atoms with van der Waals surface area (Å²) in [4.78, 5) is 12.7. The van der Waals surface area contributed by atoms with Gasteiger partial charge in [-0.25, -0.2) is 0 Å². The molecule has 2 aromatic rings. The van der Waals surface area contributed by atoms with E-state index in [4.69, 9.17) is 11.6 Å². The molecule has 1 unspecified atom stereocenters. The van der Waals surface area contributed by atoms with Crippen LogP contribution in [-0.4, -0.2) is 22.1 Å². The van der Waals surface area contributed by atoms with E-state index in [0.717, 1.165) is 29.2 Å². The number of hydrogen-bond donors (Lipinski definition) is 1. The average Bonchev–Trinajstić information content (AvgIpc) is 3.03. The maximum Gasteiger partial charge on any atom is 0.148 e. The quantitative estimate of drug-likeness (QED) is 0.943. The van der Waals surface area contributed by atoms with Crippen LogP contribution in [0.25, 0.3) is 0 Å². The maximum atomic E-state index is 12.7. The van der Waals surface area contributed by atoms with E-state index < -0.39 is 0 Å². The Hall–Kier alpha value is -1.81. The van der Waals surface area contributed by atoms with E-state index in [-0.39, 0.29) is 11.7 Å². The summed E-state index contributed by atoms with van der Waals surface area (Å²) in [6.07, 6.45) is 0.328. The van der Waals surface area contributed by atoms with Gasteiger partial charge < -0.3 is 5.32 Å². The molecule has 5 heteroatoms. The molecule has 0 fully saturated rings. The second kappa shape index (κ2) is 5.53. The van der Waals surface area contributed by atoms with E-state index in [1.807, 2.05) is 42.8 Å². The summed E-state index contributed by atoms with van der Waals surface area (Å²) >= 11 is 6.29. The number of para-hydroxylation sites is 1. The molecular weight excluding hydrogens is 286 g/mol. The zero-order valence-electron chi connectivity index (χ0n) is 12.2. The molecule has 4 nitrogen and oxygen atoms in total. The molecule has 0 aliphatic carbocycles. The number of ketones is 1. The first-order valence-corrected chi connectivity index (χ1v) is 7.57. The van der Waals surface area contributed by atoms with Crippen LogP contribution in [0, 0.1) is 6.92 Å². The van der Waals surface area contributed by atoms with Gasteiger partial charge in [0.1, 0.15) is 5.78 Å². The fraction of sp³-hybridized carbons (Fsp3) is 0.375. The highest BCUT2D eigenvalue weighted by atomic mass is 35.5. The van der Waals surface area contributed by atoms with Crippen LogP contribution >= 0.6 is 11.6 Å². The Balaban J connectivity index is 1.85. The van der Waals surface area contributed by atoms with Crippen molar-refractivity contribution in [3.8, 4) is 0 Å². The van der Waals surface area contributed by atoms with Gasteiger partial charge in [-0.15, -0.1) is 0 Å². The molecule has 1 aliphatic heterocycles. The second-order valence-electron chi connectivity index (χ2n) is 5.33. The number of benzene rings is 1. The lowest BCUT2D eigenvalue weighted by Gasteiger charge is -2.10. The Morgan fingerprint density at radius 2 is 2.24 bits per heavy atom. The van der Waals surface area contributed by atoms with Gasteiger partial charge >= 0.3 is 0 Å². The highest BCUT2D eigenvalue weighted by Gasteiger charge is 2.29. The van der Waals surface area contributed by atoms with Crippen molar-refractivity contribution in [3.63, 3.8) is 0 Å². The van der Waals surface area contributed by atoms with E-state index in [1.54, 1.807) is 0 Å². The number of hydrogen-bond acceptors (Lipinski definition) is 3. The van der Waals surface area contributed by atoms with Crippen molar-refractivity contribution in [1.29, 1.82) is 0 Å². The molecule has 0 saturated carbocycles. The highest BCUT2D eigenvalue weighted by molar-refractivity contribution is 6.32. The Labute approximate surface area is 129 Å². The molecular formula is C16H18ClN3O. The number of halogens is 1. The smallest absolute Gasteiger partial charge is 0.148 e. The molecule has 1 aromatic carbocycles. The lowest BCUT2D eigenvalue weighted by molar-refractivity contribution is -0.119. The summed E-state index contributed by atoms with van der Waals surface area (Å²) in [6.45, 7) is 5.25. The number of nitrogens with one attached hydrogen (secondary N) is 1. The fourth-order valence-electron chi connectivity index (χ4n) is 2.90. The number of aromatic nitrogens is 2. The van der Waals surface area contributed by atoms with E-state index in [2.05, 4.69) is 10.4 Å². The van der Waals surface area contributed by atoms with Crippen molar-refractivity contribution in [2.45, 2.75) is 32.7 Å². The molecule has 0 radical (unpaired) electrons. The first-order valence-electron chi connectivity index (χ1n) is 7.19. The number of Topliss-reactive ketones (excluding diaryl/α,β-unsaturated/α-hetero) is 1. The average molecular weight is 304 g/mol. The molecule has 110 valence electrons. The third kappa shape index (κ3) is 2.44. The number of carbonyl (C=O) groups excluding carboxylic acids is 1. The highest BCUT2D eigenvalue weighted by Crippen LogP contribution is 2.33. The van der Waals surface area contributed by atoms with E-state index in [9.17, 15) is 4.79 Å². The number of carbonyl (C=O) groups is 1. The van der Waals surface area contributed by atoms with Gasteiger partial charge in [0.25, 0.3) is 0 Å².